The fourth-order valence-corrected chi connectivity index (χ4v) is 2.19. The maximum absolute atomic E-state index is 12.8. The van der Waals surface area contributed by atoms with Gasteiger partial charge < -0.3 is 10.4 Å². The van der Waals surface area contributed by atoms with E-state index in [2.05, 4.69) is 0 Å². The lowest BCUT2D eigenvalue weighted by Gasteiger charge is -2.29. The monoisotopic (exact) mass is 285 g/mol. The van der Waals surface area contributed by atoms with E-state index in [-0.39, 0.29) is 0 Å². The van der Waals surface area contributed by atoms with Crippen molar-refractivity contribution < 1.29 is 32.3 Å². The molecule has 19 heavy (non-hydrogen) atoms. The molecule has 0 aromatic heterocycles. The summed E-state index contributed by atoms with van der Waals surface area (Å²) in [6, 6.07) is -1.54. The number of alkyl halides is 4. The Bertz CT molecular complexity index is 343. The van der Waals surface area contributed by atoms with E-state index in [0.717, 1.165) is 19.3 Å². The van der Waals surface area contributed by atoms with Gasteiger partial charge >= 0.3 is 18.3 Å². The Labute approximate surface area is 107 Å². The first kappa shape index (κ1) is 15.7. The summed E-state index contributed by atoms with van der Waals surface area (Å²) in [4.78, 5) is 22.0. The molecule has 0 bridgehead atoms. The topological polar surface area (TPSA) is 66.4 Å². The summed E-state index contributed by atoms with van der Waals surface area (Å²) in [6.07, 6.45) is -0.849. The lowest BCUT2D eigenvalue weighted by atomic mass is 9.84. The Morgan fingerprint density at radius 1 is 1.16 bits per heavy atom. The zero-order chi connectivity index (χ0) is 14.6. The third kappa shape index (κ3) is 3.81. The number of carboxylic acids is 1. The van der Waals surface area contributed by atoms with Gasteiger partial charge in [-0.15, -0.1) is 0 Å². The number of aliphatic carboxylic acids is 1. The van der Waals surface area contributed by atoms with Crippen LogP contribution in [0, 0.1) is 5.92 Å². The number of carbonyl (C=O) groups is 2. The van der Waals surface area contributed by atoms with Crippen LogP contribution in [0.5, 0.6) is 0 Å². The van der Waals surface area contributed by atoms with E-state index >= 15 is 0 Å². The van der Waals surface area contributed by atoms with Crippen molar-refractivity contribution in [3.63, 3.8) is 0 Å². The predicted octanol–water partition coefficient (Wildman–Crippen LogP) is 2.04. The molecule has 1 amide bonds. The molecule has 0 saturated heterocycles. The van der Waals surface area contributed by atoms with Gasteiger partial charge in [0.2, 0.25) is 0 Å². The van der Waals surface area contributed by atoms with E-state index in [0.29, 0.717) is 12.8 Å². The average molecular weight is 285 g/mol. The minimum atomic E-state index is -4.87. The fraction of sp³-hybridized carbons (Fsp3) is 0.818. The second-order valence-electron chi connectivity index (χ2n) is 4.61. The standard InChI is InChI=1S/C11H15F4NO3/c12-9(13)11(14,15)10(19)16-7(8(17)18)6-4-2-1-3-5-6/h6-7,9H,1-5H2,(H,16,19)(H,17,18). The Morgan fingerprint density at radius 3 is 2.11 bits per heavy atom. The van der Waals surface area contributed by atoms with Gasteiger partial charge in [-0.1, -0.05) is 19.3 Å². The highest BCUT2D eigenvalue weighted by molar-refractivity contribution is 5.88. The molecule has 0 radical (unpaired) electrons. The van der Waals surface area contributed by atoms with Crippen molar-refractivity contribution in [2.24, 2.45) is 5.92 Å². The molecule has 110 valence electrons. The first-order valence-electron chi connectivity index (χ1n) is 5.96. The van der Waals surface area contributed by atoms with Crippen LogP contribution in [0.3, 0.4) is 0 Å². The lowest BCUT2D eigenvalue weighted by molar-refractivity contribution is -0.172. The number of hydrogen-bond donors (Lipinski definition) is 2. The molecule has 1 rings (SSSR count). The zero-order valence-corrected chi connectivity index (χ0v) is 10.0. The van der Waals surface area contributed by atoms with Crippen molar-refractivity contribution in [2.45, 2.75) is 50.5 Å². The highest BCUT2D eigenvalue weighted by Gasteiger charge is 2.50. The number of hydrogen-bond acceptors (Lipinski definition) is 2. The van der Waals surface area contributed by atoms with Crippen molar-refractivity contribution in [1.29, 1.82) is 0 Å². The summed E-state index contributed by atoms with van der Waals surface area (Å²) >= 11 is 0. The molecule has 0 aromatic carbocycles. The molecular weight excluding hydrogens is 270 g/mol. The van der Waals surface area contributed by atoms with Gasteiger partial charge in [-0.3, -0.25) is 4.79 Å². The van der Waals surface area contributed by atoms with Crippen LogP contribution in [0.25, 0.3) is 0 Å². The van der Waals surface area contributed by atoms with E-state index < -0.39 is 36.2 Å². The van der Waals surface area contributed by atoms with Gasteiger partial charge in [0.05, 0.1) is 0 Å². The van der Waals surface area contributed by atoms with Crippen molar-refractivity contribution in [2.75, 3.05) is 0 Å². The molecule has 0 spiro atoms. The van der Waals surface area contributed by atoms with Crippen molar-refractivity contribution in [3.05, 3.63) is 0 Å². The molecule has 1 unspecified atom stereocenters. The molecular formula is C11H15F4NO3. The van der Waals surface area contributed by atoms with Crippen molar-refractivity contribution >= 4 is 11.9 Å². The Kier molecular flexibility index (Phi) is 5.13. The van der Waals surface area contributed by atoms with Gasteiger partial charge in [0, 0.05) is 0 Å². The van der Waals surface area contributed by atoms with Crippen LogP contribution in [0.1, 0.15) is 32.1 Å². The Hall–Kier alpha value is -1.34. The average Bonchev–Trinajstić information content (AvgIpc) is 2.35. The minimum Gasteiger partial charge on any atom is -0.480 e. The number of rotatable bonds is 5. The molecule has 0 aliphatic heterocycles. The van der Waals surface area contributed by atoms with Gasteiger partial charge in [-0.2, -0.15) is 8.78 Å². The highest BCUT2D eigenvalue weighted by atomic mass is 19.3. The molecule has 1 atom stereocenters. The SMILES string of the molecule is O=C(O)C(NC(=O)C(F)(F)C(F)F)C1CCCCC1. The first-order valence-corrected chi connectivity index (χ1v) is 5.96. The van der Waals surface area contributed by atoms with Crippen LogP contribution in [-0.4, -0.2) is 35.4 Å². The fourth-order valence-electron chi connectivity index (χ4n) is 2.19. The normalized spacial score (nSPS) is 19.2. The summed E-state index contributed by atoms with van der Waals surface area (Å²) < 4.78 is 49.5. The van der Waals surface area contributed by atoms with E-state index in [1.807, 2.05) is 0 Å². The van der Waals surface area contributed by atoms with Gasteiger partial charge in [0.15, 0.2) is 0 Å². The van der Waals surface area contributed by atoms with Crippen LogP contribution in [-0.2, 0) is 9.59 Å². The Balaban J connectivity index is 2.73. The number of carboxylic acid groups (broad SMARTS) is 1. The third-order valence-electron chi connectivity index (χ3n) is 3.25. The summed E-state index contributed by atoms with van der Waals surface area (Å²) in [5, 5.41) is 10.5. The van der Waals surface area contributed by atoms with Crippen molar-refractivity contribution in [3.8, 4) is 0 Å². The molecule has 1 aliphatic carbocycles. The van der Waals surface area contributed by atoms with Gasteiger partial charge in [0.25, 0.3) is 5.91 Å². The van der Waals surface area contributed by atoms with Crippen LogP contribution < -0.4 is 5.32 Å². The number of carbonyl (C=O) groups excluding carboxylic acids is 1. The molecule has 1 fully saturated rings. The first-order chi connectivity index (χ1) is 8.76. The number of amides is 1. The minimum absolute atomic E-state index is 0.470. The second kappa shape index (κ2) is 6.21. The molecule has 4 nitrogen and oxygen atoms in total. The van der Waals surface area contributed by atoms with Crippen LogP contribution in [0.2, 0.25) is 0 Å². The number of nitrogens with one attached hydrogen (secondary N) is 1. The Morgan fingerprint density at radius 2 is 1.68 bits per heavy atom. The molecule has 0 heterocycles. The summed E-state index contributed by atoms with van der Waals surface area (Å²) in [6.45, 7) is 0. The maximum atomic E-state index is 12.8. The molecule has 1 saturated carbocycles. The van der Waals surface area contributed by atoms with E-state index in [9.17, 15) is 27.2 Å². The van der Waals surface area contributed by atoms with E-state index in [1.54, 1.807) is 0 Å². The van der Waals surface area contributed by atoms with Crippen LogP contribution >= 0.6 is 0 Å². The largest absolute Gasteiger partial charge is 0.480 e. The quantitative estimate of drug-likeness (QED) is 0.760. The van der Waals surface area contributed by atoms with Crippen LogP contribution in [0.15, 0.2) is 0 Å². The van der Waals surface area contributed by atoms with Crippen LogP contribution in [0.4, 0.5) is 17.6 Å². The van der Waals surface area contributed by atoms with Gasteiger partial charge in [0.1, 0.15) is 6.04 Å². The smallest absolute Gasteiger partial charge is 0.383 e. The third-order valence-corrected chi connectivity index (χ3v) is 3.25. The zero-order valence-electron chi connectivity index (χ0n) is 10.0. The maximum Gasteiger partial charge on any atom is 0.383 e. The molecule has 2 N–H and O–H groups in total. The van der Waals surface area contributed by atoms with Gasteiger partial charge in [-0.05, 0) is 18.8 Å². The predicted molar refractivity (Wildman–Crippen MR) is 57.1 cm³/mol. The molecule has 1 aliphatic rings. The summed E-state index contributed by atoms with van der Waals surface area (Å²) in [5.74, 6) is -9.09. The molecule has 8 heteroatoms. The van der Waals surface area contributed by atoms with E-state index in [4.69, 9.17) is 5.11 Å². The van der Waals surface area contributed by atoms with Crippen molar-refractivity contribution in [1.82, 2.24) is 5.32 Å². The summed E-state index contributed by atoms with van der Waals surface area (Å²) in [7, 11) is 0. The summed E-state index contributed by atoms with van der Waals surface area (Å²) in [5.41, 5.74) is 0. The second-order valence-corrected chi connectivity index (χ2v) is 4.61. The lowest BCUT2D eigenvalue weighted by Crippen LogP contribution is -2.54. The number of halogens is 4. The van der Waals surface area contributed by atoms with Gasteiger partial charge in [-0.25, -0.2) is 13.6 Å². The molecule has 0 aromatic rings. The highest BCUT2D eigenvalue weighted by Crippen LogP contribution is 2.28. The van der Waals surface area contributed by atoms with E-state index in [1.165, 1.54) is 5.32 Å².